The van der Waals surface area contributed by atoms with Crippen molar-refractivity contribution >= 4 is 5.91 Å². The molecular formula is C12H23NO2. The van der Waals surface area contributed by atoms with Crippen molar-refractivity contribution in [1.82, 2.24) is 5.32 Å². The number of hydrogen-bond donors (Lipinski definition) is 1. The Labute approximate surface area is 92.6 Å². The van der Waals surface area contributed by atoms with Crippen molar-refractivity contribution in [1.29, 1.82) is 0 Å². The molecule has 1 saturated heterocycles. The minimum absolute atomic E-state index is 0.140. The molecule has 0 bridgehead atoms. The van der Waals surface area contributed by atoms with Gasteiger partial charge in [-0.3, -0.25) is 4.79 Å². The highest BCUT2D eigenvalue weighted by Gasteiger charge is 2.26. The average Bonchev–Trinajstić information content (AvgIpc) is 2.17. The predicted octanol–water partition coefficient (Wildman–Crippen LogP) is 1.96. The maximum Gasteiger partial charge on any atom is 0.225 e. The molecule has 3 heteroatoms. The lowest BCUT2D eigenvalue weighted by molar-refractivity contribution is -0.129. The monoisotopic (exact) mass is 213 g/mol. The van der Waals surface area contributed by atoms with Gasteiger partial charge in [0.25, 0.3) is 0 Å². The van der Waals surface area contributed by atoms with Gasteiger partial charge >= 0.3 is 0 Å². The van der Waals surface area contributed by atoms with Gasteiger partial charge < -0.3 is 10.1 Å². The van der Waals surface area contributed by atoms with Crippen LogP contribution >= 0.6 is 0 Å². The molecule has 1 rings (SSSR count). The van der Waals surface area contributed by atoms with Crippen molar-refractivity contribution in [3.63, 3.8) is 0 Å². The molecule has 0 aliphatic carbocycles. The predicted molar refractivity (Wildman–Crippen MR) is 60.6 cm³/mol. The van der Waals surface area contributed by atoms with Gasteiger partial charge in [0.15, 0.2) is 0 Å². The Morgan fingerprint density at radius 1 is 1.33 bits per heavy atom. The van der Waals surface area contributed by atoms with E-state index in [2.05, 4.69) is 12.2 Å². The first-order valence-electron chi connectivity index (χ1n) is 5.80. The molecule has 1 N–H and O–H groups in total. The number of carbonyl (C=O) groups excluding carboxylic acids is 1. The molecule has 1 aliphatic heterocycles. The van der Waals surface area contributed by atoms with Crippen LogP contribution in [0.3, 0.4) is 0 Å². The minimum atomic E-state index is -0.292. The molecule has 3 nitrogen and oxygen atoms in total. The number of nitrogens with one attached hydrogen (secondary N) is 1. The van der Waals surface area contributed by atoms with Crippen LogP contribution in [0.25, 0.3) is 0 Å². The Morgan fingerprint density at radius 2 is 1.87 bits per heavy atom. The first kappa shape index (κ1) is 12.5. The van der Waals surface area contributed by atoms with Gasteiger partial charge in [-0.1, -0.05) is 20.8 Å². The fraction of sp³-hybridized carbons (Fsp3) is 0.917. The Bertz CT molecular complexity index is 214. The van der Waals surface area contributed by atoms with Gasteiger partial charge in [-0.05, 0) is 25.7 Å². The van der Waals surface area contributed by atoms with Gasteiger partial charge in [0, 0.05) is 24.7 Å². The molecule has 88 valence electrons. The second kappa shape index (κ2) is 4.97. The van der Waals surface area contributed by atoms with Crippen molar-refractivity contribution in [2.24, 2.45) is 11.3 Å². The molecule has 15 heavy (non-hydrogen) atoms. The van der Waals surface area contributed by atoms with E-state index in [-0.39, 0.29) is 17.4 Å². The van der Waals surface area contributed by atoms with Crippen LogP contribution < -0.4 is 5.32 Å². The van der Waals surface area contributed by atoms with Crippen molar-refractivity contribution in [2.75, 3.05) is 13.2 Å². The third kappa shape index (κ3) is 3.82. The van der Waals surface area contributed by atoms with E-state index in [9.17, 15) is 4.79 Å². The average molecular weight is 213 g/mol. The fourth-order valence-electron chi connectivity index (χ4n) is 1.76. The molecule has 0 aromatic heterocycles. The zero-order valence-corrected chi connectivity index (χ0v) is 10.3. The van der Waals surface area contributed by atoms with Gasteiger partial charge in [0.2, 0.25) is 5.91 Å². The lowest BCUT2D eigenvalue weighted by Crippen LogP contribution is -2.44. The standard InChI is InChI=1S/C12H23NO2/c1-9(10-5-7-15-8-6-10)13-11(14)12(2,3)4/h9-10H,5-8H2,1-4H3,(H,13,14)/t9-/m0/s1. The highest BCUT2D eigenvalue weighted by Crippen LogP contribution is 2.20. The van der Waals surface area contributed by atoms with E-state index in [1.54, 1.807) is 0 Å². The Morgan fingerprint density at radius 3 is 2.33 bits per heavy atom. The summed E-state index contributed by atoms with van der Waals surface area (Å²) < 4.78 is 5.31. The maximum absolute atomic E-state index is 11.8. The van der Waals surface area contributed by atoms with Gasteiger partial charge in [-0.25, -0.2) is 0 Å². The molecule has 0 aromatic carbocycles. The largest absolute Gasteiger partial charge is 0.381 e. The van der Waals surface area contributed by atoms with Gasteiger partial charge in [-0.2, -0.15) is 0 Å². The van der Waals surface area contributed by atoms with E-state index in [0.29, 0.717) is 5.92 Å². The van der Waals surface area contributed by atoms with Crippen LogP contribution in [0.5, 0.6) is 0 Å². The smallest absolute Gasteiger partial charge is 0.225 e. The maximum atomic E-state index is 11.8. The normalized spacial score (nSPS) is 21.1. The summed E-state index contributed by atoms with van der Waals surface area (Å²) in [5.74, 6) is 0.714. The third-order valence-corrected chi connectivity index (χ3v) is 3.01. The number of amides is 1. The molecule has 0 saturated carbocycles. The third-order valence-electron chi connectivity index (χ3n) is 3.01. The SMILES string of the molecule is C[C@H](NC(=O)C(C)(C)C)C1CCOCC1. The Balaban J connectivity index is 2.40. The summed E-state index contributed by atoms with van der Waals surface area (Å²) in [5, 5.41) is 3.10. The molecule has 1 aliphatic rings. The molecule has 0 aromatic rings. The molecule has 1 heterocycles. The van der Waals surface area contributed by atoms with Gasteiger partial charge in [0.05, 0.1) is 0 Å². The Hall–Kier alpha value is -0.570. The first-order chi connectivity index (χ1) is 6.91. The quantitative estimate of drug-likeness (QED) is 0.761. The second-order valence-corrected chi connectivity index (χ2v) is 5.46. The molecule has 0 radical (unpaired) electrons. The zero-order chi connectivity index (χ0) is 11.5. The molecule has 1 fully saturated rings. The Kier molecular flexibility index (Phi) is 4.14. The summed E-state index contributed by atoms with van der Waals surface area (Å²) in [6.07, 6.45) is 2.12. The van der Waals surface area contributed by atoms with Crippen LogP contribution in [0, 0.1) is 11.3 Å². The number of ether oxygens (including phenoxy) is 1. The van der Waals surface area contributed by atoms with E-state index in [1.807, 2.05) is 20.8 Å². The van der Waals surface area contributed by atoms with Crippen molar-refractivity contribution in [3.05, 3.63) is 0 Å². The summed E-state index contributed by atoms with van der Waals surface area (Å²) in [5.41, 5.74) is -0.292. The highest BCUT2D eigenvalue weighted by molar-refractivity contribution is 5.81. The van der Waals surface area contributed by atoms with E-state index in [4.69, 9.17) is 4.74 Å². The van der Waals surface area contributed by atoms with Crippen LogP contribution in [0.4, 0.5) is 0 Å². The van der Waals surface area contributed by atoms with Crippen molar-refractivity contribution < 1.29 is 9.53 Å². The van der Waals surface area contributed by atoms with Gasteiger partial charge in [-0.15, -0.1) is 0 Å². The summed E-state index contributed by atoms with van der Waals surface area (Å²) >= 11 is 0. The molecule has 1 atom stereocenters. The van der Waals surface area contributed by atoms with Crippen LogP contribution in [0.15, 0.2) is 0 Å². The van der Waals surface area contributed by atoms with E-state index < -0.39 is 0 Å². The van der Waals surface area contributed by atoms with Crippen LogP contribution in [-0.2, 0) is 9.53 Å². The van der Waals surface area contributed by atoms with Crippen LogP contribution in [0.1, 0.15) is 40.5 Å². The van der Waals surface area contributed by atoms with Crippen molar-refractivity contribution in [2.45, 2.75) is 46.6 Å². The lowest BCUT2D eigenvalue weighted by atomic mass is 9.90. The number of hydrogen-bond acceptors (Lipinski definition) is 2. The lowest BCUT2D eigenvalue weighted by Gasteiger charge is -2.30. The van der Waals surface area contributed by atoms with Gasteiger partial charge in [0.1, 0.15) is 0 Å². The van der Waals surface area contributed by atoms with Crippen molar-refractivity contribution in [3.8, 4) is 0 Å². The molecule has 0 unspecified atom stereocenters. The number of carbonyl (C=O) groups is 1. The minimum Gasteiger partial charge on any atom is -0.381 e. The van der Waals surface area contributed by atoms with E-state index in [1.165, 1.54) is 0 Å². The first-order valence-corrected chi connectivity index (χ1v) is 5.80. The molecular weight excluding hydrogens is 190 g/mol. The number of rotatable bonds is 2. The highest BCUT2D eigenvalue weighted by atomic mass is 16.5. The van der Waals surface area contributed by atoms with E-state index >= 15 is 0 Å². The molecule has 0 spiro atoms. The fourth-order valence-corrected chi connectivity index (χ4v) is 1.76. The van der Waals surface area contributed by atoms with E-state index in [0.717, 1.165) is 26.1 Å². The van der Waals surface area contributed by atoms with Crippen LogP contribution in [0.2, 0.25) is 0 Å². The second-order valence-electron chi connectivity index (χ2n) is 5.46. The topological polar surface area (TPSA) is 38.3 Å². The molecule has 1 amide bonds. The van der Waals surface area contributed by atoms with Crippen LogP contribution in [-0.4, -0.2) is 25.2 Å². The summed E-state index contributed by atoms with van der Waals surface area (Å²) in [7, 11) is 0. The summed E-state index contributed by atoms with van der Waals surface area (Å²) in [6.45, 7) is 9.59. The zero-order valence-electron chi connectivity index (χ0n) is 10.3. The summed E-state index contributed by atoms with van der Waals surface area (Å²) in [6, 6.07) is 0.264. The summed E-state index contributed by atoms with van der Waals surface area (Å²) in [4.78, 5) is 11.8.